The van der Waals surface area contributed by atoms with E-state index in [1.807, 2.05) is 31.2 Å². The Morgan fingerprint density at radius 3 is 2.86 bits per heavy atom. The first-order valence-electron chi connectivity index (χ1n) is 6.65. The Morgan fingerprint density at radius 2 is 2.10 bits per heavy atom. The van der Waals surface area contributed by atoms with Crippen LogP contribution in [0.15, 0.2) is 46.9 Å². The maximum absolute atomic E-state index is 12.2. The van der Waals surface area contributed by atoms with E-state index in [2.05, 4.69) is 21.2 Å². The lowest BCUT2D eigenvalue weighted by atomic mass is 10.1. The molecule has 4 nitrogen and oxygen atoms in total. The molecule has 0 spiro atoms. The number of hydrogen-bond donors (Lipinski definition) is 2. The molecular weight excluding hydrogens is 332 g/mol. The highest BCUT2D eigenvalue weighted by Crippen LogP contribution is 2.18. The molecule has 1 amide bonds. The molecule has 0 aromatic heterocycles. The number of amides is 1. The average molecular weight is 349 g/mol. The molecule has 0 unspecified atom stereocenters. The Hall–Kier alpha value is -2.01. The van der Waals surface area contributed by atoms with Crippen LogP contribution in [0, 0.1) is 0 Å². The first kappa shape index (κ1) is 15.4. The van der Waals surface area contributed by atoms with Crippen molar-refractivity contribution in [2.24, 2.45) is 0 Å². The highest BCUT2D eigenvalue weighted by Gasteiger charge is 2.10. The van der Waals surface area contributed by atoms with Gasteiger partial charge in [0.1, 0.15) is 5.75 Å². The van der Waals surface area contributed by atoms with Crippen LogP contribution >= 0.6 is 15.9 Å². The summed E-state index contributed by atoms with van der Waals surface area (Å²) >= 11 is 3.34. The van der Waals surface area contributed by atoms with E-state index in [0.29, 0.717) is 24.4 Å². The molecule has 2 aromatic rings. The van der Waals surface area contributed by atoms with Crippen LogP contribution in [0.25, 0.3) is 0 Å². The summed E-state index contributed by atoms with van der Waals surface area (Å²) in [5.41, 5.74) is 7.72. The zero-order valence-electron chi connectivity index (χ0n) is 11.7. The third kappa shape index (κ3) is 4.23. The van der Waals surface area contributed by atoms with Crippen LogP contribution in [0.1, 0.15) is 22.8 Å². The van der Waals surface area contributed by atoms with Gasteiger partial charge in [0.15, 0.2) is 0 Å². The molecule has 0 radical (unpaired) electrons. The van der Waals surface area contributed by atoms with Gasteiger partial charge < -0.3 is 15.8 Å². The van der Waals surface area contributed by atoms with E-state index < -0.39 is 0 Å². The number of anilines is 1. The number of hydrogen-bond acceptors (Lipinski definition) is 3. The van der Waals surface area contributed by atoms with E-state index in [-0.39, 0.29) is 5.91 Å². The summed E-state index contributed by atoms with van der Waals surface area (Å²) < 4.78 is 6.25. The lowest BCUT2D eigenvalue weighted by Crippen LogP contribution is -2.23. The van der Waals surface area contributed by atoms with Gasteiger partial charge in [0.25, 0.3) is 5.91 Å². The normalized spacial score (nSPS) is 10.2. The van der Waals surface area contributed by atoms with Gasteiger partial charge in [0, 0.05) is 16.7 Å². The number of benzene rings is 2. The summed E-state index contributed by atoms with van der Waals surface area (Å²) in [7, 11) is 0. The number of carbonyl (C=O) groups is 1. The first-order valence-corrected chi connectivity index (χ1v) is 7.44. The Bertz CT molecular complexity index is 644. The summed E-state index contributed by atoms with van der Waals surface area (Å²) in [6.07, 6.45) is 0. The second-order valence-electron chi connectivity index (χ2n) is 4.49. The molecular formula is C16H17BrN2O2. The Balaban J connectivity index is 2.04. The Morgan fingerprint density at radius 1 is 1.29 bits per heavy atom. The van der Waals surface area contributed by atoms with Crippen molar-refractivity contribution in [2.75, 3.05) is 12.3 Å². The van der Waals surface area contributed by atoms with Gasteiger partial charge in [0.05, 0.1) is 12.2 Å². The van der Waals surface area contributed by atoms with Gasteiger partial charge in [0.2, 0.25) is 0 Å². The van der Waals surface area contributed by atoms with Crippen LogP contribution < -0.4 is 15.8 Å². The van der Waals surface area contributed by atoms with Crippen LogP contribution in [-0.4, -0.2) is 12.5 Å². The number of rotatable bonds is 5. The van der Waals surface area contributed by atoms with Crippen LogP contribution in [0.4, 0.5) is 5.69 Å². The van der Waals surface area contributed by atoms with Crippen LogP contribution in [0.2, 0.25) is 0 Å². The summed E-state index contributed by atoms with van der Waals surface area (Å²) in [5.74, 6) is 0.599. The van der Waals surface area contributed by atoms with Crippen molar-refractivity contribution >= 4 is 27.5 Å². The van der Waals surface area contributed by atoms with E-state index in [1.165, 1.54) is 0 Å². The average Bonchev–Trinajstić information content (AvgIpc) is 2.48. The number of ether oxygens (including phenoxy) is 1. The zero-order chi connectivity index (χ0) is 15.2. The number of halogens is 1. The third-order valence-electron chi connectivity index (χ3n) is 2.92. The van der Waals surface area contributed by atoms with Crippen molar-refractivity contribution in [3.05, 3.63) is 58.1 Å². The number of nitrogen functional groups attached to an aromatic ring is 1. The van der Waals surface area contributed by atoms with Crippen molar-refractivity contribution in [1.29, 1.82) is 0 Å². The molecule has 0 aliphatic heterocycles. The fourth-order valence-electron chi connectivity index (χ4n) is 1.91. The summed E-state index contributed by atoms with van der Waals surface area (Å²) in [6, 6.07) is 12.9. The van der Waals surface area contributed by atoms with Crippen LogP contribution in [-0.2, 0) is 6.54 Å². The highest BCUT2D eigenvalue weighted by molar-refractivity contribution is 9.10. The van der Waals surface area contributed by atoms with Gasteiger partial charge in [-0.1, -0.05) is 28.1 Å². The second kappa shape index (κ2) is 7.13. The topological polar surface area (TPSA) is 64.3 Å². The van der Waals surface area contributed by atoms with E-state index in [1.54, 1.807) is 18.2 Å². The lowest BCUT2D eigenvalue weighted by Gasteiger charge is -2.09. The fourth-order valence-corrected chi connectivity index (χ4v) is 2.28. The molecule has 5 heteroatoms. The number of carbonyl (C=O) groups excluding carboxylic acids is 1. The van der Waals surface area contributed by atoms with Crippen molar-refractivity contribution in [1.82, 2.24) is 5.32 Å². The number of nitrogens with one attached hydrogen (secondary N) is 1. The van der Waals surface area contributed by atoms with Gasteiger partial charge in [-0.05, 0) is 42.8 Å². The molecule has 0 aliphatic rings. The Kier molecular flexibility index (Phi) is 5.22. The molecule has 3 N–H and O–H groups in total. The van der Waals surface area contributed by atoms with E-state index in [9.17, 15) is 4.79 Å². The van der Waals surface area contributed by atoms with Gasteiger partial charge in [-0.2, -0.15) is 0 Å². The molecule has 0 saturated carbocycles. The maximum atomic E-state index is 12.2. The van der Waals surface area contributed by atoms with Crippen molar-refractivity contribution in [2.45, 2.75) is 13.5 Å². The van der Waals surface area contributed by atoms with Crippen molar-refractivity contribution in [3.63, 3.8) is 0 Å². The molecule has 2 rings (SSSR count). The third-order valence-corrected chi connectivity index (χ3v) is 3.42. The van der Waals surface area contributed by atoms with Crippen LogP contribution in [0.5, 0.6) is 5.75 Å². The highest BCUT2D eigenvalue weighted by atomic mass is 79.9. The predicted molar refractivity (Wildman–Crippen MR) is 87.3 cm³/mol. The van der Waals surface area contributed by atoms with Gasteiger partial charge in [-0.3, -0.25) is 4.79 Å². The minimum absolute atomic E-state index is 0.199. The lowest BCUT2D eigenvalue weighted by molar-refractivity contribution is 0.0951. The minimum Gasteiger partial charge on any atom is -0.494 e. The predicted octanol–water partition coefficient (Wildman–Crippen LogP) is 3.36. The smallest absolute Gasteiger partial charge is 0.253 e. The van der Waals surface area contributed by atoms with E-state index >= 15 is 0 Å². The fraction of sp³-hybridized carbons (Fsp3) is 0.188. The molecule has 0 heterocycles. The van der Waals surface area contributed by atoms with Gasteiger partial charge in [-0.15, -0.1) is 0 Å². The molecule has 0 bridgehead atoms. The summed E-state index contributed by atoms with van der Waals surface area (Å²) in [5, 5.41) is 2.86. The van der Waals surface area contributed by atoms with E-state index in [4.69, 9.17) is 10.5 Å². The first-order chi connectivity index (χ1) is 10.1. The number of nitrogens with two attached hydrogens (primary N) is 1. The summed E-state index contributed by atoms with van der Waals surface area (Å²) in [4.78, 5) is 12.2. The monoisotopic (exact) mass is 348 g/mol. The molecule has 0 fully saturated rings. The SMILES string of the molecule is CCOc1cccc(CNC(=O)c2cc(Br)ccc2N)c1. The van der Waals surface area contributed by atoms with Crippen molar-refractivity contribution in [3.8, 4) is 5.75 Å². The Labute approximate surface area is 132 Å². The molecule has 2 aromatic carbocycles. The largest absolute Gasteiger partial charge is 0.494 e. The maximum Gasteiger partial charge on any atom is 0.253 e. The van der Waals surface area contributed by atoms with Gasteiger partial charge >= 0.3 is 0 Å². The standard InChI is InChI=1S/C16H17BrN2O2/c1-2-21-13-5-3-4-11(8-13)10-19-16(20)14-9-12(17)6-7-15(14)18/h3-9H,2,10,18H2,1H3,(H,19,20). The van der Waals surface area contributed by atoms with Gasteiger partial charge in [-0.25, -0.2) is 0 Å². The molecule has 0 atom stereocenters. The van der Waals surface area contributed by atoms with Crippen LogP contribution in [0.3, 0.4) is 0 Å². The van der Waals surface area contributed by atoms with Crippen molar-refractivity contribution < 1.29 is 9.53 Å². The molecule has 21 heavy (non-hydrogen) atoms. The quantitative estimate of drug-likeness (QED) is 0.814. The molecule has 110 valence electrons. The minimum atomic E-state index is -0.199. The summed E-state index contributed by atoms with van der Waals surface area (Å²) in [6.45, 7) is 2.97. The second-order valence-corrected chi connectivity index (χ2v) is 5.41. The molecule has 0 aliphatic carbocycles. The van der Waals surface area contributed by atoms with E-state index in [0.717, 1.165) is 15.8 Å². The zero-order valence-corrected chi connectivity index (χ0v) is 13.3. The molecule has 0 saturated heterocycles.